The minimum Gasteiger partial charge on any atom is -0.373 e. The average Bonchev–Trinajstić information content (AvgIpc) is 3.51. The summed E-state index contributed by atoms with van der Waals surface area (Å²) in [7, 11) is 3.84. The monoisotopic (exact) mass is 470 g/mol. The van der Waals surface area contributed by atoms with Gasteiger partial charge in [0.1, 0.15) is 22.9 Å². The SMILES string of the molecule is CNc1cc(Nc2cc(Cl)cn(C3CCN(C)CC3)c2=O)nc2c(C(=O)NC3CC3)cnn12. The van der Waals surface area contributed by atoms with E-state index in [0.29, 0.717) is 33.6 Å². The summed E-state index contributed by atoms with van der Waals surface area (Å²) < 4.78 is 3.30. The number of aromatic nitrogens is 4. The van der Waals surface area contributed by atoms with Gasteiger partial charge in [-0.25, -0.2) is 4.98 Å². The van der Waals surface area contributed by atoms with Gasteiger partial charge in [0.2, 0.25) is 0 Å². The fourth-order valence-electron chi connectivity index (χ4n) is 4.20. The van der Waals surface area contributed by atoms with Gasteiger partial charge in [0.15, 0.2) is 5.65 Å². The first-order chi connectivity index (χ1) is 15.9. The van der Waals surface area contributed by atoms with E-state index in [0.717, 1.165) is 38.8 Å². The Morgan fingerprint density at radius 3 is 2.64 bits per heavy atom. The highest BCUT2D eigenvalue weighted by Crippen LogP contribution is 2.26. The fraction of sp³-hybridized carbons (Fsp3) is 0.455. The predicted molar refractivity (Wildman–Crippen MR) is 128 cm³/mol. The molecule has 1 aliphatic heterocycles. The van der Waals surface area contributed by atoms with Crippen molar-refractivity contribution < 1.29 is 4.79 Å². The summed E-state index contributed by atoms with van der Waals surface area (Å²) in [5, 5.41) is 13.9. The molecule has 0 unspecified atom stereocenters. The van der Waals surface area contributed by atoms with E-state index in [1.54, 1.807) is 34.5 Å². The summed E-state index contributed by atoms with van der Waals surface area (Å²) in [5.41, 5.74) is 0.975. The van der Waals surface area contributed by atoms with E-state index in [-0.39, 0.29) is 23.6 Å². The van der Waals surface area contributed by atoms with Gasteiger partial charge >= 0.3 is 0 Å². The Morgan fingerprint density at radius 2 is 1.94 bits per heavy atom. The number of hydrogen-bond donors (Lipinski definition) is 3. The molecule has 0 radical (unpaired) electrons. The molecule has 0 aromatic carbocycles. The van der Waals surface area contributed by atoms with Crippen LogP contribution in [0.25, 0.3) is 5.65 Å². The first-order valence-corrected chi connectivity index (χ1v) is 11.6. The lowest BCUT2D eigenvalue weighted by molar-refractivity contribution is 0.0952. The van der Waals surface area contributed by atoms with Crippen molar-refractivity contribution in [2.24, 2.45) is 0 Å². The molecule has 11 heteroatoms. The summed E-state index contributed by atoms with van der Waals surface area (Å²) in [6.45, 7) is 1.87. The molecule has 1 amide bonds. The molecule has 2 aliphatic rings. The second-order valence-electron chi connectivity index (χ2n) is 8.76. The third-order valence-corrected chi connectivity index (χ3v) is 6.45. The van der Waals surface area contributed by atoms with Gasteiger partial charge in [-0.1, -0.05) is 11.6 Å². The summed E-state index contributed by atoms with van der Waals surface area (Å²) in [6, 6.07) is 3.67. The smallest absolute Gasteiger partial charge is 0.274 e. The summed E-state index contributed by atoms with van der Waals surface area (Å²) in [6.07, 6.45) is 6.98. The van der Waals surface area contributed by atoms with Gasteiger partial charge in [-0.05, 0) is 51.9 Å². The fourth-order valence-corrected chi connectivity index (χ4v) is 4.41. The lowest BCUT2D eigenvalue weighted by Crippen LogP contribution is -2.35. The highest BCUT2D eigenvalue weighted by Gasteiger charge is 2.26. The number of anilines is 3. The zero-order chi connectivity index (χ0) is 23.1. The van der Waals surface area contributed by atoms with E-state index in [1.807, 2.05) is 0 Å². The van der Waals surface area contributed by atoms with Crippen LogP contribution in [0.4, 0.5) is 17.3 Å². The normalized spacial score (nSPS) is 17.3. The maximum atomic E-state index is 13.3. The number of rotatable bonds is 6. The maximum absolute atomic E-state index is 13.3. The summed E-state index contributed by atoms with van der Waals surface area (Å²) in [4.78, 5) is 32.8. The summed E-state index contributed by atoms with van der Waals surface area (Å²) >= 11 is 6.38. The van der Waals surface area contributed by atoms with Crippen LogP contribution in [0.15, 0.2) is 29.3 Å². The molecule has 10 nitrogen and oxygen atoms in total. The number of nitrogens with one attached hydrogen (secondary N) is 3. The van der Waals surface area contributed by atoms with Crippen LogP contribution in [0, 0.1) is 0 Å². The van der Waals surface area contributed by atoms with Crippen LogP contribution in [0.1, 0.15) is 42.1 Å². The number of carbonyl (C=O) groups is 1. The standard InChI is InChI=1S/C22H27ClN8O2/c1-24-19-10-18(28-20-16(11-25-31(19)20)21(32)26-14-3-4-14)27-17-9-13(23)12-30(22(17)33)15-5-7-29(2)8-6-15/h9-12,14-15,24H,3-8H2,1-2H3,(H,26,32)(H,27,28). The van der Waals surface area contributed by atoms with Crippen molar-refractivity contribution in [3.8, 4) is 0 Å². The van der Waals surface area contributed by atoms with E-state index in [9.17, 15) is 9.59 Å². The Balaban J connectivity index is 1.49. The zero-order valence-electron chi connectivity index (χ0n) is 18.6. The number of carbonyl (C=O) groups excluding carboxylic acids is 1. The van der Waals surface area contributed by atoms with Gasteiger partial charge in [-0.15, -0.1) is 0 Å². The second-order valence-corrected chi connectivity index (χ2v) is 9.20. The molecule has 4 heterocycles. The molecule has 3 aromatic rings. The Morgan fingerprint density at radius 1 is 1.18 bits per heavy atom. The largest absolute Gasteiger partial charge is 0.373 e. The van der Waals surface area contributed by atoms with E-state index in [4.69, 9.17) is 11.6 Å². The Bertz CT molecular complexity index is 1260. The number of nitrogens with zero attached hydrogens (tertiary/aromatic N) is 5. The van der Waals surface area contributed by atoms with Crippen molar-refractivity contribution in [1.82, 2.24) is 29.4 Å². The number of halogens is 1. The van der Waals surface area contributed by atoms with Crippen molar-refractivity contribution in [3.63, 3.8) is 0 Å². The maximum Gasteiger partial charge on any atom is 0.274 e. The van der Waals surface area contributed by atoms with Gasteiger partial charge in [0.05, 0.1) is 11.2 Å². The molecular formula is C22H27ClN8O2. The minimum absolute atomic E-state index is 0.101. The molecule has 3 aromatic heterocycles. The van der Waals surface area contributed by atoms with E-state index >= 15 is 0 Å². The molecule has 3 N–H and O–H groups in total. The third kappa shape index (κ3) is 4.40. The number of likely N-dealkylation sites (tertiary alicyclic amines) is 1. The second kappa shape index (κ2) is 8.68. The van der Waals surface area contributed by atoms with Gasteiger partial charge in [-0.2, -0.15) is 9.61 Å². The highest BCUT2D eigenvalue weighted by atomic mass is 35.5. The van der Waals surface area contributed by atoms with Crippen LogP contribution in [0.5, 0.6) is 0 Å². The molecule has 174 valence electrons. The summed E-state index contributed by atoms with van der Waals surface area (Å²) in [5.74, 6) is 0.847. The number of pyridine rings is 1. The van der Waals surface area contributed by atoms with Crippen molar-refractivity contribution in [2.75, 3.05) is 37.8 Å². The number of piperidine rings is 1. The lowest BCUT2D eigenvalue weighted by atomic mass is 10.1. The van der Waals surface area contributed by atoms with Crippen LogP contribution in [0.3, 0.4) is 0 Å². The third-order valence-electron chi connectivity index (χ3n) is 6.24. The van der Waals surface area contributed by atoms with Gasteiger partial charge in [0.25, 0.3) is 11.5 Å². The molecule has 0 spiro atoms. The lowest BCUT2D eigenvalue weighted by Gasteiger charge is -2.30. The van der Waals surface area contributed by atoms with Crippen LogP contribution in [-0.2, 0) is 0 Å². The average molecular weight is 471 g/mol. The van der Waals surface area contributed by atoms with Crippen molar-refractivity contribution in [2.45, 2.75) is 37.8 Å². The Labute approximate surface area is 195 Å². The van der Waals surface area contributed by atoms with Crippen LogP contribution >= 0.6 is 11.6 Å². The van der Waals surface area contributed by atoms with Gasteiger partial charge in [-0.3, -0.25) is 9.59 Å². The number of fused-ring (bicyclic) bond motifs is 1. The van der Waals surface area contributed by atoms with Crippen LogP contribution in [-0.4, -0.2) is 63.2 Å². The molecule has 33 heavy (non-hydrogen) atoms. The molecule has 1 saturated carbocycles. The molecule has 0 atom stereocenters. The molecular weight excluding hydrogens is 444 g/mol. The van der Waals surface area contributed by atoms with Gasteiger partial charge in [0, 0.05) is 31.4 Å². The van der Waals surface area contributed by atoms with Gasteiger partial charge < -0.3 is 25.4 Å². The molecule has 1 aliphatic carbocycles. The molecule has 5 rings (SSSR count). The van der Waals surface area contributed by atoms with E-state index in [1.165, 1.54) is 6.20 Å². The molecule has 2 fully saturated rings. The van der Waals surface area contributed by atoms with Crippen molar-refractivity contribution in [3.05, 3.63) is 45.5 Å². The van der Waals surface area contributed by atoms with Crippen molar-refractivity contribution in [1.29, 1.82) is 0 Å². The highest BCUT2D eigenvalue weighted by molar-refractivity contribution is 6.30. The topological polar surface area (TPSA) is 109 Å². The molecule has 0 bridgehead atoms. The van der Waals surface area contributed by atoms with Crippen LogP contribution in [0.2, 0.25) is 5.02 Å². The number of hydrogen-bond acceptors (Lipinski definition) is 7. The Kier molecular flexibility index (Phi) is 5.71. The van der Waals surface area contributed by atoms with E-state index in [2.05, 4.69) is 38.0 Å². The Hall–Kier alpha value is -3.11. The minimum atomic E-state index is -0.202. The van der Waals surface area contributed by atoms with Crippen molar-refractivity contribution >= 4 is 40.5 Å². The zero-order valence-corrected chi connectivity index (χ0v) is 19.4. The first kappa shape index (κ1) is 21.7. The first-order valence-electron chi connectivity index (χ1n) is 11.2. The molecule has 1 saturated heterocycles. The van der Waals surface area contributed by atoms with E-state index < -0.39 is 0 Å². The predicted octanol–water partition coefficient (Wildman–Crippen LogP) is 2.49. The number of amides is 1. The quantitative estimate of drug-likeness (QED) is 0.507. The van der Waals surface area contributed by atoms with Crippen LogP contribution < -0.4 is 21.5 Å².